The lowest BCUT2D eigenvalue weighted by Gasteiger charge is -2.27. The summed E-state index contributed by atoms with van der Waals surface area (Å²) in [6, 6.07) is 12.8. The molecule has 1 unspecified atom stereocenters. The number of sulfonamides is 1. The summed E-state index contributed by atoms with van der Waals surface area (Å²) in [4.78, 5) is 24.7. The second kappa shape index (κ2) is 11.8. The van der Waals surface area contributed by atoms with E-state index in [2.05, 4.69) is 10.6 Å². The van der Waals surface area contributed by atoms with Gasteiger partial charge in [0.1, 0.15) is 23.3 Å². The Morgan fingerprint density at radius 1 is 1.06 bits per heavy atom. The molecule has 0 saturated carbocycles. The Labute approximate surface area is 200 Å². The molecule has 1 aliphatic rings. The van der Waals surface area contributed by atoms with Crippen LogP contribution in [-0.4, -0.2) is 50.5 Å². The molecule has 9 nitrogen and oxygen atoms in total. The van der Waals surface area contributed by atoms with Crippen LogP contribution in [0.1, 0.15) is 38.7 Å². The van der Waals surface area contributed by atoms with E-state index in [1.807, 2.05) is 30.3 Å². The molecule has 1 atom stereocenters. The lowest BCUT2D eigenvalue weighted by Crippen LogP contribution is -2.41. The number of carbonyl (C=O) groups excluding carboxylic acids is 2. The molecule has 1 saturated heterocycles. The van der Waals surface area contributed by atoms with Crippen LogP contribution in [0.2, 0.25) is 0 Å². The first-order chi connectivity index (χ1) is 16.3. The van der Waals surface area contributed by atoms with Gasteiger partial charge < -0.3 is 20.1 Å². The summed E-state index contributed by atoms with van der Waals surface area (Å²) in [5, 5.41) is 5.13. The maximum atomic E-state index is 13.2. The van der Waals surface area contributed by atoms with Gasteiger partial charge in [0.25, 0.3) is 0 Å². The molecule has 2 N–H and O–H groups in total. The van der Waals surface area contributed by atoms with Gasteiger partial charge in [-0.25, -0.2) is 13.2 Å². The molecule has 0 aromatic heterocycles. The van der Waals surface area contributed by atoms with Crippen molar-refractivity contribution in [1.82, 2.24) is 9.62 Å². The molecule has 1 aliphatic heterocycles. The lowest BCUT2D eigenvalue weighted by atomic mass is 10.2. The zero-order valence-corrected chi connectivity index (χ0v) is 20.3. The van der Waals surface area contributed by atoms with E-state index in [1.54, 1.807) is 13.0 Å². The minimum atomic E-state index is -3.78. The summed E-state index contributed by atoms with van der Waals surface area (Å²) in [5.74, 6) is -0.274. The standard InChI is InChI=1S/C24H31N3O6S/c1-3-32-21-13-12-20(16-22(21)34(30,31)27-14-8-5-9-15-27)26-23(28)18(2)25-24(29)33-17-19-10-6-4-7-11-19/h4,6-7,10-13,16,18H,3,5,8-9,14-15,17H2,1-2H3,(H,25,29)(H,26,28). The van der Waals surface area contributed by atoms with Gasteiger partial charge in [0, 0.05) is 18.8 Å². The molecule has 1 heterocycles. The van der Waals surface area contributed by atoms with Gasteiger partial charge >= 0.3 is 6.09 Å². The van der Waals surface area contributed by atoms with E-state index in [-0.39, 0.29) is 22.9 Å². The van der Waals surface area contributed by atoms with Gasteiger partial charge in [-0.1, -0.05) is 36.8 Å². The normalized spacial score (nSPS) is 15.2. The zero-order valence-electron chi connectivity index (χ0n) is 19.5. The molecule has 2 aromatic carbocycles. The van der Waals surface area contributed by atoms with Gasteiger partial charge in [0.2, 0.25) is 15.9 Å². The van der Waals surface area contributed by atoms with Crippen molar-refractivity contribution < 1.29 is 27.5 Å². The van der Waals surface area contributed by atoms with Crippen LogP contribution in [0.4, 0.5) is 10.5 Å². The largest absolute Gasteiger partial charge is 0.492 e. The molecule has 0 bridgehead atoms. The Bertz CT molecular complexity index is 1090. The molecule has 184 valence electrons. The zero-order chi connectivity index (χ0) is 24.6. The number of ether oxygens (including phenoxy) is 2. The molecule has 0 aliphatic carbocycles. The topological polar surface area (TPSA) is 114 Å². The smallest absolute Gasteiger partial charge is 0.408 e. The van der Waals surface area contributed by atoms with Crippen LogP contribution in [0.25, 0.3) is 0 Å². The number of benzene rings is 2. The molecule has 2 aromatic rings. The van der Waals surface area contributed by atoms with E-state index in [4.69, 9.17) is 9.47 Å². The summed E-state index contributed by atoms with van der Waals surface area (Å²) < 4.78 is 38.6. The van der Waals surface area contributed by atoms with E-state index in [9.17, 15) is 18.0 Å². The summed E-state index contributed by atoms with van der Waals surface area (Å²) in [7, 11) is -3.78. The van der Waals surface area contributed by atoms with Gasteiger partial charge in [-0.2, -0.15) is 4.31 Å². The highest BCUT2D eigenvalue weighted by atomic mass is 32.2. The Hall–Kier alpha value is -3.11. The SMILES string of the molecule is CCOc1ccc(NC(=O)C(C)NC(=O)OCc2ccccc2)cc1S(=O)(=O)N1CCCCC1. The fraction of sp³-hybridized carbons (Fsp3) is 0.417. The van der Waals surface area contributed by atoms with Crippen LogP contribution in [0, 0.1) is 0 Å². The van der Waals surface area contributed by atoms with Crippen molar-refractivity contribution in [2.45, 2.75) is 50.7 Å². The van der Waals surface area contributed by atoms with Crippen LogP contribution in [0.15, 0.2) is 53.4 Å². The van der Waals surface area contributed by atoms with Gasteiger partial charge in [0.15, 0.2) is 0 Å². The Morgan fingerprint density at radius 2 is 1.76 bits per heavy atom. The predicted molar refractivity (Wildman–Crippen MR) is 128 cm³/mol. The number of nitrogens with one attached hydrogen (secondary N) is 2. The fourth-order valence-electron chi connectivity index (χ4n) is 3.56. The first-order valence-electron chi connectivity index (χ1n) is 11.4. The van der Waals surface area contributed by atoms with Crippen molar-refractivity contribution in [3.8, 4) is 5.75 Å². The van der Waals surface area contributed by atoms with Gasteiger partial charge in [-0.3, -0.25) is 4.79 Å². The number of hydrogen-bond acceptors (Lipinski definition) is 6. The number of piperidine rings is 1. The number of amides is 2. The molecule has 0 spiro atoms. The number of anilines is 1. The van der Waals surface area contributed by atoms with Crippen molar-refractivity contribution >= 4 is 27.7 Å². The van der Waals surface area contributed by atoms with Crippen LogP contribution >= 0.6 is 0 Å². The molecule has 0 radical (unpaired) electrons. The van der Waals surface area contributed by atoms with Crippen molar-refractivity contribution in [2.24, 2.45) is 0 Å². The van der Waals surface area contributed by atoms with Gasteiger partial charge in [-0.05, 0) is 50.5 Å². The van der Waals surface area contributed by atoms with Crippen LogP contribution in [0.5, 0.6) is 5.75 Å². The van der Waals surface area contributed by atoms with Crippen molar-refractivity contribution in [3.05, 3.63) is 54.1 Å². The van der Waals surface area contributed by atoms with Gasteiger partial charge in [-0.15, -0.1) is 0 Å². The maximum absolute atomic E-state index is 13.2. The third-order valence-electron chi connectivity index (χ3n) is 5.38. The van der Waals surface area contributed by atoms with Crippen LogP contribution < -0.4 is 15.4 Å². The molecular weight excluding hydrogens is 458 g/mol. The van der Waals surface area contributed by atoms with Crippen molar-refractivity contribution in [2.75, 3.05) is 25.0 Å². The van der Waals surface area contributed by atoms with E-state index in [0.717, 1.165) is 24.8 Å². The summed E-state index contributed by atoms with van der Waals surface area (Å²) >= 11 is 0. The number of alkyl carbamates (subject to hydrolysis) is 1. The molecule has 1 fully saturated rings. The lowest BCUT2D eigenvalue weighted by molar-refractivity contribution is -0.117. The molecule has 34 heavy (non-hydrogen) atoms. The first kappa shape index (κ1) is 25.5. The van der Waals surface area contributed by atoms with Gasteiger partial charge in [0.05, 0.1) is 6.61 Å². The number of nitrogens with zero attached hydrogens (tertiary/aromatic N) is 1. The number of hydrogen-bond donors (Lipinski definition) is 2. The molecular formula is C24H31N3O6S. The minimum absolute atomic E-state index is 0.0110. The van der Waals surface area contributed by atoms with E-state index in [1.165, 1.54) is 23.4 Å². The third-order valence-corrected chi connectivity index (χ3v) is 7.30. The van der Waals surface area contributed by atoms with E-state index < -0.39 is 28.1 Å². The highest BCUT2D eigenvalue weighted by molar-refractivity contribution is 7.89. The van der Waals surface area contributed by atoms with Crippen molar-refractivity contribution in [1.29, 1.82) is 0 Å². The van der Waals surface area contributed by atoms with Crippen LogP contribution in [0.3, 0.4) is 0 Å². The summed E-state index contributed by atoms with van der Waals surface area (Å²) in [5.41, 5.74) is 1.11. The number of carbonyl (C=O) groups is 2. The first-order valence-corrected chi connectivity index (χ1v) is 12.8. The van der Waals surface area contributed by atoms with Crippen molar-refractivity contribution in [3.63, 3.8) is 0 Å². The quantitative estimate of drug-likeness (QED) is 0.557. The highest BCUT2D eigenvalue weighted by Crippen LogP contribution is 2.31. The Morgan fingerprint density at radius 3 is 2.44 bits per heavy atom. The monoisotopic (exact) mass is 489 g/mol. The minimum Gasteiger partial charge on any atom is -0.492 e. The summed E-state index contributed by atoms with van der Waals surface area (Å²) in [6.07, 6.45) is 1.89. The van der Waals surface area contributed by atoms with E-state index >= 15 is 0 Å². The fourth-order valence-corrected chi connectivity index (χ4v) is 5.24. The Balaban J connectivity index is 1.66. The third kappa shape index (κ3) is 6.71. The summed E-state index contributed by atoms with van der Waals surface area (Å²) in [6.45, 7) is 4.58. The second-order valence-electron chi connectivity index (χ2n) is 7.98. The predicted octanol–water partition coefficient (Wildman–Crippen LogP) is 3.51. The number of rotatable bonds is 9. The maximum Gasteiger partial charge on any atom is 0.408 e. The average molecular weight is 490 g/mol. The Kier molecular flexibility index (Phi) is 8.89. The average Bonchev–Trinajstić information content (AvgIpc) is 2.85. The second-order valence-corrected chi connectivity index (χ2v) is 9.88. The van der Waals surface area contributed by atoms with E-state index in [0.29, 0.717) is 19.7 Å². The molecule has 10 heteroatoms. The molecule has 2 amide bonds. The molecule has 3 rings (SSSR count). The van der Waals surface area contributed by atoms with Crippen LogP contribution in [-0.2, 0) is 26.2 Å². The highest BCUT2D eigenvalue weighted by Gasteiger charge is 2.29.